The molecule has 2 bridgehead atoms. The Hall–Kier alpha value is -0.340. The van der Waals surface area contributed by atoms with Crippen LogP contribution in [0.4, 0.5) is 0 Å². The van der Waals surface area contributed by atoms with Gasteiger partial charge < -0.3 is 5.11 Å². The van der Waals surface area contributed by atoms with Gasteiger partial charge >= 0.3 is 0 Å². The Morgan fingerprint density at radius 2 is 2.42 bits per heavy atom. The molecule has 0 aliphatic carbocycles. The predicted octanol–water partition coefficient (Wildman–Crippen LogP) is 0.875. The van der Waals surface area contributed by atoms with E-state index in [9.17, 15) is 0 Å². The van der Waals surface area contributed by atoms with Gasteiger partial charge in [0.1, 0.15) is 0 Å². The third-order valence-electron chi connectivity index (χ3n) is 3.44. The number of hydrogen-bond donors (Lipinski definition) is 1. The van der Waals surface area contributed by atoms with E-state index in [0.29, 0.717) is 18.6 Å². The Balaban J connectivity index is 2.05. The van der Waals surface area contributed by atoms with Gasteiger partial charge in [-0.05, 0) is 31.2 Å². The largest absolute Gasteiger partial charge is 0.395 e. The van der Waals surface area contributed by atoms with E-state index in [-0.39, 0.29) is 0 Å². The molecule has 0 aromatic rings. The van der Waals surface area contributed by atoms with Crippen molar-refractivity contribution in [3.05, 3.63) is 12.7 Å². The van der Waals surface area contributed by atoms with Gasteiger partial charge in [-0.3, -0.25) is 4.90 Å². The van der Waals surface area contributed by atoms with E-state index in [1.54, 1.807) is 0 Å². The van der Waals surface area contributed by atoms with Crippen molar-refractivity contribution in [1.29, 1.82) is 0 Å². The lowest BCUT2D eigenvalue weighted by molar-refractivity contribution is -0.00631. The van der Waals surface area contributed by atoms with Crippen molar-refractivity contribution in [2.24, 2.45) is 11.8 Å². The highest BCUT2D eigenvalue weighted by molar-refractivity contribution is 4.98. The van der Waals surface area contributed by atoms with Crippen molar-refractivity contribution < 1.29 is 5.11 Å². The fraction of sp³-hybridized carbons (Fsp3) is 0.800. The van der Waals surface area contributed by atoms with E-state index in [1.165, 1.54) is 19.4 Å². The second-order valence-corrected chi connectivity index (χ2v) is 4.02. The molecule has 0 aromatic carbocycles. The van der Waals surface area contributed by atoms with Gasteiger partial charge in [0.25, 0.3) is 0 Å². The molecule has 0 radical (unpaired) electrons. The lowest BCUT2D eigenvalue weighted by Gasteiger charge is -2.48. The fourth-order valence-corrected chi connectivity index (χ4v) is 2.64. The molecule has 0 amide bonds. The van der Waals surface area contributed by atoms with E-state index < -0.39 is 0 Å². The molecule has 3 aliphatic rings. The maximum atomic E-state index is 9.10. The van der Waals surface area contributed by atoms with Crippen LogP contribution in [0.3, 0.4) is 0 Å². The molecule has 3 unspecified atom stereocenters. The lowest BCUT2D eigenvalue weighted by Crippen LogP contribution is -2.54. The molecule has 3 aliphatic heterocycles. The summed E-state index contributed by atoms with van der Waals surface area (Å²) in [4.78, 5) is 2.41. The molecule has 68 valence electrons. The minimum atomic E-state index is 0.334. The lowest BCUT2D eigenvalue weighted by atomic mass is 9.76. The number of fused-ring (bicyclic) bond motifs is 3. The van der Waals surface area contributed by atoms with Crippen molar-refractivity contribution in [1.82, 2.24) is 4.90 Å². The third kappa shape index (κ3) is 1.19. The molecule has 3 rings (SSSR count). The minimum Gasteiger partial charge on any atom is -0.395 e. The summed E-state index contributed by atoms with van der Waals surface area (Å²) in [6, 6.07) is 0.444. The molecule has 4 atom stereocenters. The summed E-state index contributed by atoms with van der Waals surface area (Å²) < 4.78 is 0. The minimum absolute atomic E-state index is 0.334. The first-order chi connectivity index (χ1) is 5.85. The van der Waals surface area contributed by atoms with Gasteiger partial charge in [-0.25, -0.2) is 0 Å². The highest BCUT2D eigenvalue weighted by Gasteiger charge is 2.38. The second kappa shape index (κ2) is 3.19. The number of rotatable bonds is 2. The zero-order valence-electron chi connectivity index (χ0n) is 7.45. The van der Waals surface area contributed by atoms with E-state index >= 15 is 0 Å². The normalized spacial score (nSPS) is 46.1. The molecular weight excluding hydrogens is 150 g/mol. The van der Waals surface area contributed by atoms with Crippen LogP contribution in [-0.4, -0.2) is 35.7 Å². The zero-order valence-corrected chi connectivity index (χ0v) is 7.45. The maximum Gasteiger partial charge on any atom is 0.0586 e. The monoisotopic (exact) mass is 167 g/mol. The first kappa shape index (κ1) is 8.27. The molecular formula is C10H17NO. The number of nitrogens with zero attached hydrogens (tertiary/aromatic N) is 1. The standard InChI is InChI=1S/C10H17NO/c1-2-8-6-11-4-3-9(8)5-10(11)7-12/h2,8-10,12H,1,3-7H2/t8?,9?,10-/m0/s1. The van der Waals surface area contributed by atoms with Crippen molar-refractivity contribution >= 4 is 0 Å². The third-order valence-corrected chi connectivity index (χ3v) is 3.44. The van der Waals surface area contributed by atoms with Crippen LogP contribution in [0.1, 0.15) is 12.8 Å². The molecule has 3 heterocycles. The van der Waals surface area contributed by atoms with Crippen LogP contribution in [0.5, 0.6) is 0 Å². The average molecular weight is 167 g/mol. The fourth-order valence-electron chi connectivity index (χ4n) is 2.64. The van der Waals surface area contributed by atoms with Crippen molar-refractivity contribution in [3.63, 3.8) is 0 Å². The summed E-state index contributed by atoms with van der Waals surface area (Å²) >= 11 is 0. The number of aliphatic hydroxyl groups is 1. The average Bonchev–Trinajstić information content (AvgIpc) is 2.18. The second-order valence-electron chi connectivity index (χ2n) is 4.02. The van der Waals surface area contributed by atoms with Crippen LogP contribution in [0.25, 0.3) is 0 Å². The first-order valence-corrected chi connectivity index (χ1v) is 4.82. The smallest absolute Gasteiger partial charge is 0.0586 e. The molecule has 3 fully saturated rings. The summed E-state index contributed by atoms with van der Waals surface area (Å²) in [7, 11) is 0. The maximum absolute atomic E-state index is 9.10. The Morgan fingerprint density at radius 3 is 2.92 bits per heavy atom. The van der Waals surface area contributed by atoms with Crippen LogP contribution >= 0.6 is 0 Å². The first-order valence-electron chi connectivity index (χ1n) is 4.82. The van der Waals surface area contributed by atoms with Gasteiger partial charge in [0.2, 0.25) is 0 Å². The molecule has 2 heteroatoms. The summed E-state index contributed by atoms with van der Waals surface area (Å²) in [5.41, 5.74) is 0. The topological polar surface area (TPSA) is 23.5 Å². The quantitative estimate of drug-likeness (QED) is 0.617. The van der Waals surface area contributed by atoms with Crippen molar-refractivity contribution in [2.75, 3.05) is 19.7 Å². The predicted molar refractivity (Wildman–Crippen MR) is 48.9 cm³/mol. The Bertz CT molecular complexity index is 181. The van der Waals surface area contributed by atoms with Crippen LogP contribution in [0.15, 0.2) is 12.7 Å². The van der Waals surface area contributed by atoms with E-state index in [4.69, 9.17) is 5.11 Å². The number of piperidine rings is 3. The Morgan fingerprint density at radius 1 is 1.58 bits per heavy atom. The van der Waals surface area contributed by atoms with E-state index in [1.807, 2.05) is 0 Å². The summed E-state index contributed by atoms with van der Waals surface area (Å²) in [5, 5.41) is 9.10. The Kier molecular flexibility index (Phi) is 2.20. The highest BCUT2D eigenvalue weighted by atomic mass is 16.3. The highest BCUT2D eigenvalue weighted by Crippen LogP contribution is 2.36. The van der Waals surface area contributed by atoms with Gasteiger partial charge in [-0.15, -0.1) is 6.58 Å². The van der Waals surface area contributed by atoms with E-state index in [0.717, 1.165) is 12.5 Å². The van der Waals surface area contributed by atoms with Crippen molar-refractivity contribution in [2.45, 2.75) is 18.9 Å². The molecule has 0 spiro atoms. The van der Waals surface area contributed by atoms with Gasteiger partial charge in [0, 0.05) is 12.6 Å². The zero-order chi connectivity index (χ0) is 8.55. The van der Waals surface area contributed by atoms with Gasteiger partial charge in [0.15, 0.2) is 0 Å². The van der Waals surface area contributed by atoms with E-state index in [2.05, 4.69) is 17.6 Å². The molecule has 12 heavy (non-hydrogen) atoms. The summed E-state index contributed by atoms with van der Waals surface area (Å²) in [6.07, 6.45) is 4.56. The molecule has 2 nitrogen and oxygen atoms in total. The molecule has 3 saturated heterocycles. The van der Waals surface area contributed by atoms with Gasteiger partial charge in [-0.1, -0.05) is 6.08 Å². The molecule has 1 N–H and O–H groups in total. The molecule has 0 saturated carbocycles. The van der Waals surface area contributed by atoms with Gasteiger partial charge in [0.05, 0.1) is 6.61 Å². The number of aliphatic hydroxyl groups excluding tert-OH is 1. The summed E-state index contributed by atoms with van der Waals surface area (Å²) in [6.45, 7) is 6.50. The Labute approximate surface area is 73.9 Å². The van der Waals surface area contributed by atoms with Crippen LogP contribution in [0.2, 0.25) is 0 Å². The van der Waals surface area contributed by atoms with Crippen LogP contribution in [0, 0.1) is 11.8 Å². The molecule has 0 aromatic heterocycles. The van der Waals surface area contributed by atoms with Crippen molar-refractivity contribution in [3.8, 4) is 0 Å². The summed E-state index contributed by atoms with van der Waals surface area (Å²) in [5.74, 6) is 1.48. The SMILES string of the molecule is C=CC1CN2CCC1C[C@H]2CO. The van der Waals surface area contributed by atoms with Crippen LogP contribution < -0.4 is 0 Å². The number of hydrogen-bond acceptors (Lipinski definition) is 2. The van der Waals surface area contributed by atoms with Crippen LogP contribution in [-0.2, 0) is 0 Å². The van der Waals surface area contributed by atoms with Gasteiger partial charge in [-0.2, -0.15) is 0 Å².